The second-order valence-corrected chi connectivity index (χ2v) is 5.25. The molecule has 1 saturated carbocycles. The van der Waals surface area contributed by atoms with Gasteiger partial charge in [-0.3, -0.25) is 4.79 Å². The Kier molecular flexibility index (Phi) is 4.30. The summed E-state index contributed by atoms with van der Waals surface area (Å²) in [5.74, 6) is 1.60. The molecule has 1 aliphatic carbocycles. The number of hydrogen-bond donors (Lipinski definition) is 1. The fourth-order valence-corrected chi connectivity index (χ4v) is 2.12. The molecule has 1 amide bonds. The van der Waals surface area contributed by atoms with E-state index in [0.29, 0.717) is 30.7 Å². The lowest BCUT2D eigenvalue weighted by atomic mass is 10.2. The lowest BCUT2D eigenvalue weighted by molar-refractivity contribution is -0.132. The summed E-state index contributed by atoms with van der Waals surface area (Å²) >= 11 is 0. The van der Waals surface area contributed by atoms with Crippen LogP contribution in [0.4, 0.5) is 5.69 Å². The first-order valence-corrected chi connectivity index (χ1v) is 6.82. The number of anilines is 1. The molecule has 1 aromatic carbocycles. The summed E-state index contributed by atoms with van der Waals surface area (Å²) in [7, 11) is 1.88. The molecular formula is C15H22N2O2. The summed E-state index contributed by atoms with van der Waals surface area (Å²) in [6, 6.07) is 7.56. The third-order valence-electron chi connectivity index (χ3n) is 3.77. The molecule has 1 atom stereocenters. The van der Waals surface area contributed by atoms with Gasteiger partial charge < -0.3 is 15.4 Å². The number of nitrogens with two attached hydrogens (primary N) is 1. The minimum atomic E-state index is 0.148. The van der Waals surface area contributed by atoms with Crippen molar-refractivity contribution in [2.75, 3.05) is 19.4 Å². The van der Waals surface area contributed by atoms with Crippen LogP contribution in [-0.4, -0.2) is 30.5 Å². The van der Waals surface area contributed by atoms with Crippen molar-refractivity contribution in [3.63, 3.8) is 0 Å². The predicted octanol–water partition coefficient (Wildman–Crippen LogP) is 2.29. The molecule has 0 heterocycles. The zero-order valence-electron chi connectivity index (χ0n) is 11.6. The minimum absolute atomic E-state index is 0.148. The third kappa shape index (κ3) is 3.88. The highest BCUT2D eigenvalue weighted by molar-refractivity contribution is 5.76. The minimum Gasteiger partial charge on any atom is -0.493 e. The Morgan fingerprint density at radius 2 is 2.05 bits per heavy atom. The number of nitrogens with zero attached hydrogens (tertiary/aromatic N) is 1. The molecule has 0 spiro atoms. The molecule has 1 aliphatic rings. The van der Waals surface area contributed by atoms with E-state index >= 15 is 0 Å². The van der Waals surface area contributed by atoms with Gasteiger partial charge in [-0.1, -0.05) is 0 Å². The van der Waals surface area contributed by atoms with E-state index in [0.717, 1.165) is 5.75 Å². The first kappa shape index (κ1) is 13.7. The maximum absolute atomic E-state index is 12.0. The van der Waals surface area contributed by atoms with Crippen LogP contribution in [-0.2, 0) is 4.79 Å². The highest BCUT2D eigenvalue weighted by Gasteiger charge is 2.32. The van der Waals surface area contributed by atoms with Crippen molar-refractivity contribution in [3.05, 3.63) is 24.3 Å². The Morgan fingerprint density at radius 3 is 2.63 bits per heavy atom. The molecule has 104 valence electrons. The van der Waals surface area contributed by atoms with Crippen molar-refractivity contribution in [2.45, 2.75) is 32.2 Å². The second-order valence-electron chi connectivity index (χ2n) is 5.25. The maximum Gasteiger partial charge on any atom is 0.225 e. The second kappa shape index (κ2) is 5.95. The van der Waals surface area contributed by atoms with E-state index in [1.165, 1.54) is 12.8 Å². The van der Waals surface area contributed by atoms with Gasteiger partial charge in [-0.25, -0.2) is 0 Å². The number of carbonyl (C=O) groups excluding carboxylic acids is 1. The summed E-state index contributed by atoms with van der Waals surface area (Å²) in [5, 5.41) is 0. The lowest BCUT2D eigenvalue weighted by Crippen LogP contribution is -2.37. The lowest BCUT2D eigenvalue weighted by Gasteiger charge is -2.24. The monoisotopic (exact) mass is 262 g/mol. The molecule has 0 aliphatic heterocycles. The number of carbonyl (C=O) groups is 1. The van der Waals surface area contributed by atoms with Crippen LogP contribution in [0.1, 0.15) is 26.2 Å². The van der Waals surface area contributed by atoms with Crippen LogP contribution < -0.4 is 10.5 Å². The molecular weight excluding hydrogens is 240 g/mol. The Bertz CT molecular complexity index is 426. The highest BCUT2D eigenvalue weighted by Crippen LogP contribution is 2.34. The maximum atomic E-state index is 12.0. The first-order valence-electron chi connectivity index (χ1n) is 6.82. The zero-order chi connectivity index (χ0) is 13.8. The van der Waals surface area contributed by atoms with Crippen molar-refractivity contribution in [3.8, 4) is 5.75 Å². The van der Waals surface area contributed by atoms with Gasteiger partial charge in [0.25, 0.3) is 0 Å². The van der Waals surface area contributed by atoms with E-state index < -0.39 is 0 Å². The van der Waals surface area contributed by atoms with Crippen LogP contribution in [0, 0.1) is 5.92 Å². The molecule has 1 fully saturated rings. The Balaban J connectivity index is 1.72. The summed E-state index contributed by atoms with van der Waals surface area (Å²) in [6.07, 6.45) is 2.92. The fraction of sp³-hybridized carbons (Fsp3) is 0.533. The SMILES string of the molecule is CC(C1CC1)N(C)C(=O)CCOc1ccc(N)cc1. The molecule has 19 heavy (non-hydrogen) atoms. The van der Waals surface area contributed by atoms with E-state index in [4.69, 9.17) is 10.5 Å². The van der Waals surface area contributed by atoms with Crippen LogP contribution in [0.5, 0.6) is 5.75 Å². The number of hydrogen-bond acceptors (Lipinski definition) is 3. The number of ether oxygens (including phenoxy) is 1. The van der Waals surface area contributed by atoms with Gasteiger partial charge in [-0.05, 0) is 49.9 Å². The molecule has 4 heteroatoms. The largest absolute Gasteiger partial charge is 0.493 e. The summed E-state index contributed by atoms with van der Waals surface area (Å²) in [6.45, 7) is 2.53. The number of amides is 1. The van der Waals surface area contributed by atoms with Crippen LogP contribution in [0.25, 0.3) is 0 Å². The van der Waals surface area contributed by atoms with Gasteiger partial charge in [0, 0.05) is 18.8 Å². The van der Waals surface area contributed by atoms with Crippen LogP contribution in [0.2, 0.25) is 0 Å². The molecule has 2 N–H and O–H groups in total. The average Bonchev–Trinajstić information content (AvgIpc) is 3.23. The molecule has 0 radical (unpaired) electrons. The van der Waals surface area contributed by atoms with Crippen LogP contribution in [0.3, 0.4) is 0 Å². The van der Waals surface area contributed by atoms with Gasteiger partial charge in [0.15, 0.2) is 0 Å². The summed E-state index contributed by atoms with van der Waals surface area (Å²) in [4.78, 5) is 13.8. The molecule has 0 bridgehead atoms. The Labute approximate surface area is 114 Å². The normalized spacial score (nSPS) is 15.9. The van der Waals surface area contributed by atoms with E-state index in [1.807, 2.05) is 24.1 Å². The van der Waals surface area contributed by atoms with Gasteiger partial charge in [0.1, 0.15) is 5.75 Å². The van der Waals surface area contributed by atoms with Gasteiger partial charge in [-0.2, -0.15) is 0 Å². The van der Waals surface area contributed by atoms with Gasteiger partial charge in [0.2, 0.25) is 5.91 Å². The number of nitrogen functional groups attached to an aromatic ring is 1. The predicted molar refractivity (Wildman–Crippen MR) is 75.9 cm³/mol. The van der Waals surface area contributed by atoms with E-state index in [1.54, 1.807) is 12.1 Å². The third-order valence-corrected chi connectivity index (χ3v) is 3.77. The van der Waals surface area contributed by atoms with Gasteiger partial charge in [-0.15, -0.1) is 0 Å². The van der Waals surface area contributed by atoms with Crippen LogP contribution in [0.15, 0.2) is 24.3 Å². The number of rotatable bonds is 6. The van der Waals surface area contributed by atoms with E-state index in [9.17, 15) is 4.79 Å². The van der Waals surface area contributed by atoms with Gasteiger partial charge >= 0.3 is 0 Å². The van der Waals surface area contributed by atoms with Crippen molar-refractivity contribution in [2.24, 2.45) is 5.92 Å². The fourth-order valence-electron chi connectivity index (χ4n) is 2.12. The van der Waals surface area contributed by atoms with Crippen molar-refractivity contribution in [1.82, 2.24) is 4.90 Å². The Hall–Kier alpha value is -1.71. The van der Waals surface area contributed by atoms with Crippen molar-refractivity contribution >= 4 is 11.6 Å². The van der Waals surface area contributed by atoms with Crippen molar-refractivity contribution < 1.29 is 9.53 Å². The van der Waals surface area contributed by atoms with Crippen molar-refractivity contribution in [1.29, 1.82) is 0 Å². The topological polar surface area (TPSA) is 55.6 Å². The molecule has 1 aromatic rings. The Morgan fingerprint density at radius 1 is 1.42 bits per heavy atom. The average molecular weight is 262 g/mol. The molecule has 0 aromatic heterocycles. The smallest absolute Gasteiger partial charge is 0.225 e. The standard InChI is InChI=1S/C15H22N2O2/c1-11(12-3-4-12)17(2)15(18)9-10-19-14-7-5-13(16)6-8-14/h5-8,11-12H,3-4,9-10,16H2,1-2H3. The molecule has 0 saturated heterocycles. The van der Waals surface area contributed by atoms with Gasteiger partial charge in [0.05, 0.1) is 13.0 Å². The zero-order valence-corrected chi connectivity index (χ0v) is 11.6. The number of benzene rings is 1. The van der Waals surface area contributed by atoms with E-state index in [-0.39, 0.29) is 5.91 Å². The van der Waals surface area contributed by atoms with Crippen LogP contribution >= 0.6 is 0 Å². The molecule has 4 nitrogen and oxygen atoms in total. The van der Waals surface area contributed by atoms with E-state index in [2.05, 4.69) is 6.92 Å². The first-order chi connectivity index (χ1) is 9.08. The summed E-state index contributed by atoms with van der Waals surface area (Å²) in [5.41, 5.74) is 6.30. The highest BCUT2D eigenvalue weighted by atomic mass is 16.5. The molecule has 1 unspecified atom stereocenters. The quantitative estimate of drug-likeness (QED) is 0.800. The summed E-state index contributed by atoms with van der Waals surface area (Å²) < 4.78 is 5.53. The molecule has 2 rings (SSSR count).